The van der Waals surface area contributed by atoms with E-state index in [1.165, 1.54) is 0 Å². The van der Waals surface area contributed by atoms with Crippen LogP contribution in [0.5, 0.6) is 0 Å². The van der Waals surface area contributed by atoms with Gasteiger partial charge in [-0.3, -0.25) is 0 Å². The number of aromatic nitrogens is 2. The average molecular weight is 375 g/mol. The summed E-state index contributed by atoms with van der Waals surface area (Å²) >= 11 is 0. The number of nitrogens with zero attached hydrogens (tertiary/aromatic N) is 3. The molecule has 2 aromatic rings. The maximum Gasteiger partial charge on any atom is 0.247 e. The molecule has 1 spiro atoms. The first-order valence-electron chi connectivity index (χ1n) is 9.41. The zero-order valence-electron chi connectivity index (χ0n) is 15.1. The number of rotatable bonds is 6. The number of piperidine rings is 1. The second-order valence-corrected chi connectivity index (χ2v) is 9.59. The summed E-state index contributed by atoms with van der Waals surface area (Å²) in [5.41, 5.74) is 1.08. The normalized spacial score (nSPS) is 22.6. The van der Waals surface area contributed by atoms with Crippen LogP contribution < -0.4 is 0 Å². The van der Waals surface area contributed by atoms with Crippen LogP contribution in [-0.2, 0) is 10.0 Å². The van der Waals surface area contributed by atoms with Crippen molar-refractivity contribution in [3.63, 3.8) is 0 Å². The highest BCUT2D eigenvalue weighted by atomic mass is 32.2. The molecule has 7 heteroatoms. The Kier molecular flexibility index (Phi) is 4.61. The SMILES string of the molecule is CCCCS(=O)(=O)N1CCC2(CC1)CC2c1nnc(-c2ccccc2)o1. The van der Waals surface area contributed by atoms with Crippen LogP contribution in [0.2, 0.25) is 0 Å². The number of benzene rings is 1. The smallest absolute Gasteiger partial charge is 0.247 e. The van der Waals surface area contributed by atoms with Gasteiger partial charge in [-0.2, -0.15) is 0 Å². The van der Waals surface area contributed by atoms with E-state index in [-0.39, 0.29) is 17.1 Å². The Morgan fingerprint density at radius 2 is 1.92 bits per heavy atom. The molecule has 2 fully saturated rings. The summed E-state index contributed by atoms with van der Waals surface area (Å²) < 4.78 is 32.3. The lowest BCUT2D eigenvalue weighted by atomic mass is 9.92. The molecule has 1 atom stereocenters. The predicted molar refractivity (Wildman–Crippen MR) is 99.0 cm³/mol. The van der Waals surface area contributed by atoms with Gasteiger partial charge in [0.15, 0.2) is 0 Å². The molecule has 1 aliphatic heterocycles. The first-order chi connectivity index (χ1) is 12.5. The second kappa shape index (κ2) is 6.78. The van der Waals surface area contributed by atoms with Crippen molar-refractivity contribution in [1.29, 1.82) is 0 Å². The molecule has 6 nitrogen and oxygen atoms in total. The van der Waals surface area contributed by atoms with Crippen molar-refractivity contribution in [2.24, 2.45) is 5.41 Å². The van der Waals surface area contributed by atoms with Crippen LogP contribution in [0.15, 0.2) is 34.7 Å². The Bertz CT molecular complexity index is 855. The second-order valence-electron chi connectivity index (χ2n) is 7.50. The summed E-state index contributed by atoms with van der Waals surface area (Å²) in [4.78, 5) is 0. The minimum Gasteiger partial charge on any atom is -0.420 e. The standard InChI is InChI=1S/C19H25N3O3S/c1-2-3-13-26(23,24)22-11-9-19(10-12-22)14-16(19)18-21-20-17(25-18)15-7-5-4-6-8-15/h4-8,16H,2-3,9-14H2,1H3. The molecule has 0 amide bonds. The summed E-state index contributed by atoms with van der Waals surface area (Å²) in [6.07, 6.45) is 4.42. The number of unbranched alkanes of at least 4 members (excludes halogenated alkanes) is 1. The van der Waals surface area contributed by atoms with Gasteiger partial charge >= 0.3 is 0 Å². The fourth-order valence-corrected chi connectivity index (χ4v) is 5.64. The quantitative estimate of drug-likeness (QED) is 0.773. The molecule has 1 aromatic carbocycles. The molecule has 1 aliphatic carbocycles. The molecule has 0 N–H and O–H groups in total. The molecule has 0 bridgehead atoms. The highest BCUT2D eigenvalue weighted by molar-refractivity contribution is 7.89. The summed E-state index contributed by atoms with van der Waals surface area (Å²) in [5, 5.41) is 8.45. The summed E-state index contributed by atoms with van der Waals surface area (Å²) in [5.74, 6) is 1.80. The molecule has 1 saturated carbocycles. The zero-order valence-corrected chi connectivity index (χ0v) is 15.9. The predicted octanol–water partition coefficient (Wildman–Crippen LogP) is 3.44. The van der Waals surface area contributed by atoms with Gasteiger partial charge in [-0.25, -0.2) is 12.7 Å². The van der Waals surface area contributed by atoms with Crippen LogP contribution in [0.25, 0.3) is 11.5 Å². The van der Waals surface area contributed by atoms with Crippen LogP contribution >= 0.6 is 0 Å². The fourth-order valence-electron chi connectivity index (χ4n) is 3.99. The van der Waals surface area contributed by atoms with Crippen molar-refractivity contribution in [2.75, 3.05) is 18.8 Å². The van der Waals surface area contributed by atoms with Crippen LogP contribution in [0.4, 0.5) is 0 Å². The van der Waals surface area contributed by atoms with E-state index in [1.807, 2.05) is 37.3 Å². The lowest BCUT2D eigenvalue weighted by molar-refractivity contribution is 0.246. The van der Waals surface area contributed by atoms with Crippen molar-refractivity contribution in [2.45, 2.75) is 44.9 Å². The molecule has 1 unspecified atom stereocenters. The van der Waals surface area contributed by atoms with Gasteiger partial charge in [0.05, 0.1) is 5.75 Å². The van der Waals surface area contributed by atoms with Crippen molar-refractivity contribution >= 4 is 10.0 Å². The van der Waals surface area contributed by atoms with Gasteiger partial charge in [-0.1, -0.05) is 31.5 Å². The number of hydrogen-bond donors (Lipinski definition) is 0. The third-order valence-corrected chi connectivity index (χ3v) is 7.77. The Labute approximate surface area is 154 Å². The van der Waals surface area contributed by atoms with Crippen LogP contribution in [-0.4, -0.2) is 41.8 Å². The van der Waals surface area contributed by atoms with Crippen LogP contribution in [0.1, 0.15) is 50.8 Å². The molecule has 2 heterocycles. The number of hydrogen-bond acceptors (Lipinski definition) is 5. The van der Waals surface area contributed by atoms with Gasteiger partial charge in [0, 0.05) is 24.6 Å². The van der Waals surface area contributed by atoms with Gasteiger partial charge < -0.3 is 4.42 Å². The molecular weight excluding hydrogens is 350 g/mol. The largest absolute Gasteiger partial charge is 0.420 e. The lowest BCUT2D eigenvalue weighted by Gasteiger charge is -2.31. The van der Waals surface area contributed by atoms with E-state index >= 15 is 0 Å². The van der Waals surface area contributed by atoms with Crippen molar-refractivity contribution in [1.82, 2.24) is 14.5 Å². The molecule has 4 rings (SSSR count). The monoisotopic (exact) mass is 375 g/mol. The van der Waals surface area contributed by atoms with E-state index in [2.05, 4.69) is 10.2 Å². The van der Waals surface area contributed by atoms with Gasteiger partial charge in [0.1, 0.15) is 0 Å². The first kappa shape index (κ1) is 17.7. The summed E-state index contributed by atoms with van der Waals surface area (Å²) in [6.45, 7) is 3.24. The van der Waals surface area contributed by atoms with Gasteiger partial charge in [-0.15, -0.1) is 10.2 Å². The third kappa shape index (κ3) is 3.30. The van der Waals surface area contributed by atoms with Crippen molar-refractivity contribution in [3.05, 3.63) is 36.2 Å². The maximum atomic E-state index is 12.4. The zero-order chi connectivity index (χ0) is 18.2. The summed E-state index contributed by atoms with van der Waals surface area (Å²) in [6, 6.07) is 9.78. The maximum absolute atomic E-state index is 12.4. The van der Waals surface area contributed by atoms with E-state index in [1.54, 1.807) is 4.31 Å². The molecule has 1 aromatic heterocycles. The average Bonchev–Trinajstić information content (AvgIpc) is 3.13. The minimum absolute atomic E-state index is 0.150. The first-order valence-corrected chi connectivity index (χ1v) is 11.0. The Morgan fingerprint density at radius 1 is 1.19 bits per heavy atom. The highest BCUT2D eigenvalue weighted by Gasteiger charge is 2.58. The van der Waals surface area contributed by atoms with Crippen molar-refractivity contribution in [3.8, 4) is 11.5 Å². The molecule has 0 radical (unpaired) electrons. The van der Waals surface area contributed by atoms with E-state index in [9.17, 15) is 8.42 Å². The summed E-state index contributed by atoms with van der Waals surface area (Å²) in [7, 11) is -3.10. The molecular formula is C19H25N3O3S. The van der Waals surface area contributed by atoms with Gasteiger partial charge in [0.2, 0.25) is 21.8 Å². The van der Waals surface area contributed by atoms with Gasteiger partial charge in [0.25, 0.3) is 0 Å². The number of sulfonamides is 1. The topological polar surface area (TPSA) is 76.3 Å². The minimum atomic E-state index is -3.10. The van der Waals surface area contributed by atoms with Gasteiger partial charge in [-0.05, 0) is 43.2 Å². The fraction of sp³-hybridized carbons (Fsp3) is 0.579. The molecule has 140 valence electrons. The Hall–Kier alpha value is -1.73. The van der Waals surface area contributed by atoms with Crippen LogP contribution in [0.3, 0.4) is 0 Å². The Morgan fingerprint density at radius 3 is 2.62 bits per heavy atom. The third-order valence-electron chi connectivity index (χ3n) is 5.82. The van der Waals surface area contributed by atoms with Crippen LogP contribution in [0, 0.1) is 5.41 Å². The van der Waals surface area contributed by atoms with E-state index in [0.717, 1.165) is 37.7 Å². The van der Waals surface area contributed by atoms with E-state index in [0.29, 0.717) is 24.9 Å². The van der Waals surface area contributed by atoms with E-state index < -0.39 is 10.0 Å². The van der Waals surface area contributed by atoms with E-state index in [4.69, 9.17) is 4.42 Å². The highest BCUT2D eigenvalue weighted by Crippen LogP contribution is 2.64. The molecule has 26 heavy (non-hydrogen) atoms. The Balaban J connectivity index is 1.40. The molecule has 2 aliphatic rings. The van der Waals surface area contributed by atoms with Crippen molar-refractivity contribution < 1.29 is 12.8 Å². The lowest BCUT2D eigenvalue weighted by Crippen LogP contribution is -2.40. The molecule has 1 saturated heterocycles.